The van der Waals surface area contributed by atoms with Crippen molar-refractivity contribution in [3.8, 4) is 5.75 Å². The van der Waals surface area contributed by atoms with Gasteiger partial charge in [0.25, 0.3) is 0 Å². The quantitative estimate of drug-likeness (QED) is 0.692. The minimum Gasteiger partial charge on any atom is -0.489 e. The molecule has 0 aliphatic heterocycles. The third kappa shape index (κ3) is 7.48. The first-order valence-electron chi connectivity index (χ1n) is 8.51. The van der Waals surface area contributed by atoms with E-state index in [1.165, 1.54) is 0 Å². The fraction of sp³-hybridized carbons (Fsp3) is 0.350. The van der Waals surface area contributed by atoms with E-state index in [0.717, 1.165) is 30.0 Å². The van der Waals surface area contributed by atoms with Gasteiger partial charge in [-0.2, -0.15) is 0 Å². The minimum atomic E-state index is 0.00344. The lowest BCUT2D eigenvalue weighted by Crippen LogP contribution is -2.31. The first-order valence-corrected chi connectivity index (χ1v) is 8.88. The predicted molar refractivity (Wildman–Crippen MR) is 103 cm³/mol. The number of halogens is 1. The van der Waals surface area contributed by atoms with Gasteiger partial charge in [0.1, 0.15) is 12.4 Å². The van der Waals surface area contributed by atoms with Crippen LogP contribution in [0.4, 0.5) is 5.69 Å². The molecule has 1 amide bonds. The van der Waals surface area contributed by atoms with Gasteiger partial charge in [-0.3, -0.25) is 4.79 Å². The van der Waals surface area contributed by atoms with Crippen LogP contribution in [0.1, 0.15) is 25.8 Å². The Morgan fingerprint density at radius 3 is 2.40 bits per heavy atom. The average molecular weight is 361 g/mol. The number of carbonyl (C=O) groups excluding carboxylic acids is 1. The molecule has 0 radical (unpaired) electrons. The van der Waals surface area contributed by atoms with Crippen molar-refractivity contribution < 1.29 is 9.53 Å². The van der Waals surface area contributed by atoms with E-state index in [-0.39, 0.29) is 12.5 Å². The summed E-state index contributed by atoms with van der Waals surface area (Å²) in [6.07, 6.45) is 0.991. The first kappa shape index (κ1) is 19.1. The van der Waals surface area contributed by atoms with Crippen LogP contribution in [-0.4, -0.2) is 19.0 Å². The number of ether oxygens (including phenoxy) is 1. The molecular formula is C20H25ClN2O2. The van der Waals surface area contributed by atoms with Crippen LogP contribution >= 0.6 is 11.6 Å². The molecule has 2 aromatic carbocycles. The third-order valence-corrected chi connectivity index (χ3v) is 3.92. The first-order chi connectivity index (χ1) is 12.0. The fourth-order valence-corrected chi connectivity index (χ4v) is 2.29. The lowest BCUT2D eigenvalue weighted by molar-refractivity contribution is -0.119. The van der Waals surface area contributed by atoms with Gasteiger partial charge in [0.2, 0.25) is 5.91 Å². The second-order valence-electron chi connectivity index (χ2n) is 6.33. The summed E-state index contributed by atoms with van der Waals surface area (Å²) in [6, 6.07) is 15.1. The fourth-order valence-electron chi connectivity index (χ4n) is 2.16. The van der Waals surface area contributed by atoms with Gasteiger partial charge >= 0.3 is 0 Å². The number of anilines is 1. The standard InChI is InChI=1S/C20H25ClN2O2/c1-15(2)11-12-22-20(24)13-23-18-7-9-19(10-8-18)25-14-16-3-5-17(21)6-4-16/h3-10,15,23H,11-14H2,1-2H3,(H,22,24). The monoisotopic (exact) mass is 360 g/mol. The molecule has 0 aliphatic carbocycles. The van der Waals surface area contributed by atoms with E-state index in [4.69, 9.17) is 16.3 Å². The number of nitrogens with one attached hydrogen (secondary N) is 2. The van der Waals surface area contributed by atoms with Crippen molar-refractivity contribution in [2.75, 3.05) is 18.4 Å². The number of benzene rings is 2. The lowest BCUT2D eigenvalue weighted by atomic mass is 10.1. The van der Waals surface area contributed by atoms with E-state index in [1.807, 2.05) is 48.5 Å². The van der Waals surface area contributed by atoms with E-state index >= 15 is 0 Å². The van der Waals surface area contributed by atoms with Gasteiger partial charge in [0.15, 0.2) is 0 Å². The van der Waals surface area contributed by atoms with Gasteiger partial charge in [-0.1, -0.05) is 37.6 Å². The maximum atomic E-state index is 11.7. The van der Waals surface area contributed by atoms with Gasteiger partial charge in [-0.15, -0.1) is 0 Å². The van der Waals surface area contributed by atoms with Crippen LogP contribution in [0.5, 0.6) is 5.75 Å². The maximum absolute atomic E-state index is 11.7. The molecule has 0 heterocycles. The van der Waals surface area contributed by atoms with Crippen LogP contribution in [-0.2, 0) is 11.4 Å². The Bertz CT molecular complexity index is 654. The van der Waals surface area contributed by atoms with Crippen molar-refractivity contribution in [1.82, 2.24) is 5.32 Å². The van der Waals surface area contributed by atoms with E-state index in [9.17, 15) is 4.79 Å². The number of amides is 1. The molecule has 134 valence electrons. The summed E-state index contributed by atoms with van der Waals surface area (Å²) < 4.78 is 5.74. The minimum absolute atomic E-state index is 0.00344. The average Bonchev–Trinajstić information content (AvgIpc) is 2.60. The smallest absolute Gasteiger partial charge is 0.239 e. The maximum Gasteiger partial charge on any atom is 0.239 e. The zero-order valence-electron chi connectivity index (χ0n) is 14.7. The second-order valence-corrected chi connectivity index (χ2v) is 6.76. The van der Waals surface area contributed by atoms with Gasteiger partial charge in [0.05, 0.1) is 6.54 Å². The zero-order chi connectivity index (χ0) is 18.1. The molecule has 0 atom stereocenters. The Hall–Kier alpha value is -2.20. The number of rotatable bonds is 9. The van der Waals surface area contributed by atoms with Crippen molar-refractivity contribution >= 4 is 23.2 Å². The van der Waals surface area contributed by atoms with E-state index in [2.05, 4.69) is 24.5 Å². The largest absolute Gasteiger partial charge is 0.489 e. The topological polar surface area (TPSA) is 50.4 Å². The Balaban J connectivity index is 1.72. The molecule has 4 nitrogen and oxygen atoms in total. The van der Waals surface area contributed by atoms with Crippen LogP contribution < -0.4 is 15.4 Å². The van der Waals surface area contributed by atoms with Gasteiger partial charge in [-0.05, 0) is 54.3 Å². The number of hydrogen-bond donors (Lipinski definition) is 2. The molecule has 0 saturated carbocycles. The highest BCUT2D eigenvalue weighted by Gasteiger charge is 2.02. The molecular weight excluding hydrogens is 336 g/mol. The molecule has 0 saturated heterocycles. The highest BCUT2D eigenvalue weighted by molar-refractivity contribution is 6.30. The normalized spacial score (nSPS) is 10.6. The summed E-state index contributed by atoms with van der Waals surface area (Å²) in [6.45, 7) is 5.75. The van der Waals surface area contributed by atoms with E-state index < -0.39 is 0 Å². The molecule has 0 bridgehead atoms. The third-order valence-electron chi connectivity index (χ3n) is 3.67. The molecule has 2 aromatic rings. The van der Waals surface area contributed by atoms with Gasteiger partial charge < -0.3 is 15.4 Å². The highest BCUT2D eigenvalue weighted by atomic mass is 35.5. The van der Waals surface area contributed by atoms with Crippen LogP contribution in [0, 0.1) is 5.92 Å². The molecule has 2 N–H and O–H groups in total. The summed E-state index contributed by atoms with van der Waals surface area (Å²) in [5, 5.41) is 6.73. The van der Waals surface area contributed by atoms with Crippen molar-refractivity contribution in [2.24, 2.45) is 5.92 Å². The van der Waals surface area contributed by atoms with Crippen molar-refractivity contribution in [2.45, 2.75) is 26.9 Å². The molecule has 0 unspecified atom stereocenters. The summed E-state index contributed by atoms with van der Waals surface area (Å²) in [4.78, 5) is 11.7. The van der Waals surface area contributed by atoms with Crippen molar-refractivity contribution in [3.63, 3.8) is 0 Å². The SMILES string of the molecule is CC(C)CCNC(=O)CNc1ccc(OCc2ccc(Cl)cc2)cc1. The molecule has 0 spiro atoms. The molecule has 25 heavy (non-hydrogen) atoms. The van der Waals surface area contributed by atoms with Gasteiger partial charge in [-0.25, -0.2) is 0 Å². The Labute approximate surface area is 154 Å². The van der Waals surface area contributed by atoms with E-state index in [0.29, 0.717) is 17.5 Å². The summed E-state index contributed by atoms with van der Waals surface area (Å²) in [7, 11) is 0. The molecule has 0 aliphatic rings. The molecule has 2 rings (SSSR count). The molecule has 5 heteroatoms. The summed E-state index contributed by atoms with van der Waals surface area (Å²) in [5.41, 5.74) is 1.95. The Morgan fingerprint density at radius 2 is 1.76 bits per heavy atom. The van der Waals surface area contributed by atoms with Crippen LogP contribution in [0.3, 0.4) is 0 Å². The molecule has 0 aromatic heterocycles. The van der Waals surface area contributed by atoms with Gasteiger partial charge in [0, 0.05) is 17.3 Å². The lowest BCUT2D eigenvalue weighted by Gasteiger charge is -2.10. The molecule has 0 fully saturated rings. The van der Waals surface area contributed by atoms with Crippen LogP contribution in [0.25, 0.3) is 0 Å². The Morgan fingerprint density at radius 1 is 1.08 bits per heavy atom. The Kier molecular flexibility index (Phi) is 7.61. The summed E-state index contributed by atoms with van der Waals surface area (Å²) in [5.74, 6) is 1.37. The van der Waals surface area contributed by atoms with Crippen molar-refractivity contribution in [1.29, 1.82) is 0 Å². The van der Waals surface area contributed by atoms with Crippen LogP contribution in [0.2, 0.25) is 5.02 Å². The van der Waals surface area contributed by atoms with Crippen molar-refractivity contribution in [3.05, 3.63) is 59.1 Å². The highest BCUT2D eigenvalue weighted by Crippen LogP contribution is 2.17. The number of carbonyl (C=O) groups is 1. The zero-order valence-corrected chi connectivity index (χ0v) is 15.5. The predicted octanol–water partition coefficient (Wildman–Crippen LogP) is 4.49. The van der Waals surface area contributed by atoms with Crippen LogP contribution in [0.15, 0.2) is 48.5 Å². The number of hydrogen-bond acceptors (Lipinski definition) is 3. The van der Waals surface area contributed by atoms with E-state index in [1.54, 1.807) is 0 Å². The summed E-state index contributed by atoms with van der Waals surface area (Å²) >= 11 is 5.86. The second kappa shape index (κ2) is 9.94.